The highest BCUT2D eigenvalue weighted by atomic mass is 127. The lowest BCUT2D eigenvalue weighted by atomic mass is 10.1. The number of nitrogens with zero attached hydrogens (tertiary/aromatic N) is 1. The Kier molecular flexibility index (Phi) is 12.0. The summed E-state index contributed by atoms with van der Waals surface area (Å²) in [6.45, 7) is 4.13. The minimum atomic E-state index is -0.765. The molecule has 0 bridgehead atoms. The van der Waals surface area contributed by atoms with Gasteiger partial charge in [-0.3, -0.25) is 4.99 Å². The fourth-order valence-electron chi connectivity index (χ4n) is 1.66. The first-order valence-electron chi connectivity index (χ1n) is 6.72. The number of aliphatic hydroxyl groups excluding tert-OH is 1. The molecule has 22 heavy (non-hydrogen) atoms. The summed E-state index contributed by atoms with van der Waals surface area (Å²) < 4.78 is 4.97. The fraction of sp³-hybridized carbons (Fsp3) is 0.500. The normalized spacial score (nSPS) is 12.5. The molecule has 0 saturated carbocycles. The van der Waals surface area contributed by atoms with Crippen molar-refractivity contribution in [3.8, 4) is 0 Å². The molecule has 0 aromatic heterocycles. The maximum absolute atomic E-state index is 10.2. The van der Waals surface area contributed by atoms with E-state index >= 15 is 0 Å². The Balaban J connectivity index is 0.00000441. The Bertz CT molecular complexity index is 455. The van der Waals surface area contributed by atoms with Gasteiger partial charge in [-0.15, -0.1) is 24.0 Å². The van der Waals surface area contributed by atoms with Gasteiger partial charge in [0.05, 0.1) is 19.3 Å². The Labute approximate surface area is 158 Å². The summed E-state index contributed by atoms with van der Waals surface area (Å²) in [5.74, 6) is 0.627. The van der Waals surface area contributed by atoms with Crippen molar-refractivity contribution in [3.05, 3.63) is 33.8 Å². The van der Waals surface area contributed by atoms with E-state index in [2.05, 4.69) is 15.6 Å². The largest absolute Gasteiger partial charge is 0.386 e. The van der Waals surface area contributed by atoms with Crippen LogP contribution in [0.25, 0.3) is 0 Å². The number of nitrogens with one attached hydrogen (secondary N) is 2. The second-order valence-electron chi connectivity index (χ2n) is 4.36. The van der Waals surface area contributed by atoms with E-state index in [1.54, 1.807) is 25.3 Å². The Hall–Kier alpha value is -0.280. The first-order chi connectivity index (χ1) is 10.1. The molecule has 0 aliphatic rings. The van der Waals surface area contributed by atoms with Crippen molar-refractivity contribution in [1.82, 2.24) is 10.6 Å². The van der Waals surface area contributed by atoms with Gasteiger partial charge in [0.1, 0.15) is 0 Å². The lowest BCUT2D eigenvalue weighted by Gasteiger charge is -2.13. The lowest BCUT2D eigenvalue weighted by Crippen LogP contribution is -2.39. The first-order valence-corrected chi connectivity index (χ1v) is 7.47. The van der Waals surface area contributed by atoms with Crippen LogP contribution >= 0.6 is 47.2 Å². The van der Waals surface area contributed by atoms with Gasteiger partial charge in [0.15, 0.2) is 5.96 Å². The molecule has 0 saturated heterocycles. The number of hydrogen-bond donors (Lipinski definition) is 3. The molecule has 0 radical (unpaired) electrons. The minimum Gasteiger partial charge on any atom is -0.386 e. The van der Waals surface area contributed by atoms with E-state index in [0.717, 1.165) is 6.54 Å². The topological polar surface area (TPSA) is 65.9 Å². The summed E-state index contributed by atoms with van der Waals surface area (Å²) in [6, 6.07) is 4.98. The van der Waals surface area contributed by atoms with E-state index in [0.29, 0.717) is 34.7 Å². The zero-order valence-corrected chi connectivity index (χ0v) is 16.4. The average molecular weight is 462 g/mol. The summed E-state index contributed by atoms with van der Waals surface area (Å²) in [6.07, 6.45) is -0.765. The summed E-state index contributed by atoms with van der Waals surface area (Å²) in [7, 11) is 1.64. The number of aliphatic hydroxyl groups is 1. The molecule has 1 aromatic rings. The van der Waals surface area contributed by atoms with Crippen LogP contribution in [0.5, 0.6) is 0 Å². The molecular formula is C14H22Cl2IN3O2. The smallest absolute Gasteiger partial charge is 0.191 e. The van der Waals surface area contributed by atoms with Gasteiger partial charge in [-0.1, -0.05) is 23.2 Å². The number of benzene rings is 1. The average Bonchev–Trinajstić information content (AvgIpc) is 2.43. The van der Waals surface area contributed by atoms with Gasteiger partial charge in [0.25, 0.3) is 0 Å². The quantitative estimate of drug-likeness (QED) is 0.253. The van der Waals surface area contributed by atoms with Crippen LogP contribution in [0.1, 0.15) is 18.6 Å². The second-order valence-corrected chi connectivity index (χ2v) is 5.23. The number of halogens is 3. The van der Waals surface area contributed by atoms with Crippen LogP contribution in [0.3, 0.4) is 0 Å². The standard InChI is InChI=1S/C14H21Cl2N3O2.HI/c1-3-17-14(18-4-5-21-2)19-9-13(20)10-6-11(15)8-12(16)7-10;/h6-8,13,20H,3-5,9H2,1-2H3,(H2,17,18,19);1H. The zero-order chi connectivity index (χ0) is 15.7. The van der Waals surface area contributed by atoms with Gasteiger partial charge >= 0.3 is 0 Å². The highest BCUT2D eigenvalue weighted by Crippen LogP contribution is 2.23. The molecule has 3 N–H and O–H groups in total. The molecule has 0 heterocycles. The van der Waals surface area contributed by atoms with Gasteiger partial charge in [-0.05, 0) is 30.7 Å². The third kappa shape index (κ3) is 8.38. The molecule has 0 aliphatic carbocycles. The van der Waals surface area contributed by atoms with Crippen molar-refractivity contribution in [3.63, 3.8) is 0 Å². The van der Waals surface area contributed by atoms with Gasteiger partial charge in [0.2, 0.25) is 0 Å². The lowest BCUT2D eigenvalue weighted by molar-refractivity contribution is 0.187. The van der Waals surface area contributed by atoms with Gasteiger partial charge in [-0.25, -0.2) is 0 Å². The monoisotopic (exact) mass is 461 g/mol. The molecule has 0 fully saturated rings. The third-order valence-electron chi connectivity index (χ3n) is 2.63. The zero-order valence-electron chi connectivity index (χ0n) is 12.6. The maximum Gasteiger partial charge on any atom is 0.191 e. The van der Waals surface area contributed by atoms with E-state index in [4.69, 9.17) is 27.9 Å². The van der Waals surface area contributed by atoms with E-state index in [1.165, 1.54) is 0 Å². The molecule has 0 aliphatic heterocycles. The molecule has 1 atom stereocenters. The van der Waals surface area contributed by atoms with Crippen LogP contribution in [-0.4, -0.2) is 44.4 Å². The maximum atomic E-state index is 10.2. The minimum absolute atomic E-state index is 0. The summed E-state index contributed by atoms with van der Waals surface area (Å²) in [5, 5.41) is 17.3. The Morgan fingerprint density at radius 1 is 1.27 bits per heavy atom. The van der Waals surface area contributed by atoms with Crippen molar-refractivity contribution in [2.45, 2.75) is 13.0 Å². The van der Waals surface area contributed by atoms with Crippen LogP contribution in [0.4, 0.5) is 0 Å². The molecule has 1 aromatic carbocycles. The van der Waals surface area contributed by atoms with Crippen LogP contribution in [0.2, 0.25) is 10.0 Å². The van der Waals surface area contributed by atoms with Crippen molar-refractivity contribution in [2.75, 3.05) is 33.4 Å². The molecule has 1 unspecified atom stereocenters. The number of guanidine groups is 1. The molecule has 8 heteroatoms. The number of ether oxygens (including phenoxy) is 1. The fourth-order valence-corrected chi connectivity index (χ4v) is 2.21. The van der Waals surface area contributed by atoms with Crippen molar-refractivity contribution >= 4 is 53.1 Å². The first kappa shape index (κ1) is 21.7. The van der Waals surface area contributed by atoms with Crippen molar-refractivity contribution < 1.29 is 9.84 Å². The van der Waals surface area contributed by atoms with Gasteiger partial charge < -0.3 is 20.5 Å². The number of hydrogen-bond acceptors (Lipinski definition) is 3. The Morgan fingerprint density at radius 2 is 1.91 bits per heavy atom. The molecule has 1 rings (SSSR count). The van der Waals surface area contributed by atoms with Crippen molar-refractivity contribution in [2.24, 2.45) is 4.99 Å². The number of rotatable bonds is 7. The molecule has 0 amide bonds. The van der Waals surface area contributed by atoms with E-state index < -0.39 is 6.10 Å². The van der Waals surface area contributed by atoms with Gasteiger partial charge in [0, 0.05) is 30.2 Å². The highest BCUT2D eigenvalue weighted by molar-refractivity contribution is 14.0. The van der Waals surface area contributed by atoms with Crippen LogP contribution in [0.15, 0.2) is 23.2 Å². The third-order valence-corrected chi connectivity index (χ3v) is 3.07. The molecular weight excluding hydrogens is 440 g/mol. The van der Waals surface area contributed by atoms with E-state index in [-0.39, 0.29) is 30.5 Å². The number of methoxy groups -OCH3 is 1. The number of aliphatic imine (C=N–C) groups is 1. The molecule has 0 spiro atoms. The van der Waals surface area contributed by atoms with Crippen molar-refractivity contribution in [1.29, 1.82) is 0 Å². The predicted molar refractivity (Wildman–Crippen MR) is 103 cm³/mol. The summed E-state index contributed by atoms with van der Waals surface area (Å²) >= 11 is 11.8. The van der Waals surface area contributed by atoms with Crippen LogP contribution in [-0.2, 0) is 4.74 Å². The van der Waals surface area contributed by atoms with E-state index in [9.17, 15) is 5.11 Å². The predicted octanol–water partition coefficient (Wildman–Crippen LogP) is 2.85. The highest BCUT2D eigenvalue weighted by Gasteiger charge is 2.09. The Morgan fingerprint density at radius 3 is 2.45 bits per heavy atom. The second kappa shape index (κ2) is 12.2. The van der Waals surface area contributed by atoms with Crippen LogP contribution in [0, 0.1) is 0 Å². The van der Waals surface area contributed by atoms with E-state index in [1.807, 2.05) is 6.92 Å². The molecule has 5 nitrogen and oxygen atoms in total. The SMILES string of the molecule is CCNC(=NCC(O)c1cc(Cl)cc(Cl)c1)NCCOC.I. The van der Waals surface area contributed by atoms with Gasteiger partial charge in [-0.2, -0.15) is 0 Å². The summed E-state index contributed by atoms with van der Waals surface area (Å²) in [5.41, 5.74) is 0.643. The molecule has 126 valence electrons. The summed E-state index contributed by atoms with van der Waals surface area (Å²) in [4.78, 5) is 4.32. The van der Waals surface area contributed by atoms with Crippen LogP contribution < -0.4 is 10.6 Å².